The minimum atomic E-state index is -4.27. The van der Waals surface area contributed by atoms with Gasteiger partial charge in [0.15, 0.2) is 0 Å². The largest absolute Gasteiger partial charge is 0.393 e. The quantitative estimate of drug-likeness (QED) is 0.112. The molecule has 0 bridgehead atoms. The average Bonchev–Trinajstić information content (AvgIpc) is 3.64. The zero-order valence-electron chi connectivity index (χ0n) is 27.0. The van der Waals surface area contributed by atoms with E-state index in [1.807, 2.05) is 10.6 Å². The van der Waals surface area contributed by atoms with Crippen molar-refractivity contribution < 1.29 is 23.4 Å². The van der Waals surface area contributed by atoms with Gasteiger partial charge < -0.3 is 20.1 Å². The van der Waals surface area contributed by atoms with E-state index in [2.05, 4.69) is 57.2 Å². The van der Waals surface area contributed by atoms with Gasteiger partial charge in [0.2, 0.25) is 0 Å². The highest BCUT2D eigenvalue weighted by Crippen LogP contribution is 2.34. The van der Waals surface area contributed by atoms with Crippen molar-refractivity contribution in [3.8, 4) is 6.07 Å². The highest BCUT2D eigenvalue weighted by molar-refractivity contribution is 7.18. The van der Waals surface area contributed by atoms with Crippen LogP contribution in [-0.2, 0) is 19.5 Å². The predicted molar refractivity (Wildman–Crippen MR) is 182 cm³/mol. The molecule has 2 atom stereocenters. The van der Waals surface area contributed by atoms with Gasteiger partial charge in [0.1, 0.15) is 35.0 Å². The average molecular weight is 682 g/mol. The molecular formula is C35H42F3N7O2S. The first kappa shape index (κ1) is 34.3. The normalized spacial score (nSPS) is 20.9. The number of anilines is 1. The van der Waals surface area contributed by atoms with Crippen LogP contribution in [0.15, 0.2) is 43.2 Å². The van der Waals surface area contributed by atoms with E-state index in [4.69, 9.17) is 0 Å². The zero-order chi connectivity index (χ0) is 34.0. The highest BCUT2D eigenvalue weighted by atomic mass is 32.1. The number of aliphatic hydroxyl groups is 2. The molecule has 1 aliphatic heterocycles. The molecule has 1 saturated carbocycles. The number of alkyl halides is 3. The molecule has 2 fully saturated rings. The number of aliphatic hydroxyl groups excluding tert-OH is 2. The maximum absolute atomic E-state index is 12.9. The molecule has 48 heavy (non-hydrogen) atoms. The summed E-state index contributed by atoms with van der Waals surface area (Å²) in [6.45, 7) is 8.54. The first-order valence-corrected chi connectivity index (χ1v) is 17.4. The molecule has 1 aliphatic carbocycles. The number of piperidine rings is 1. The van der Waals surface area contributed by atoms with Crippen LogP contribution in [0.1, 0.15) is 60.2 Å². The fraction of sp³-hybridized carbons (Fsp3) is 0.514. The Morgan fingerprint density at radius 1 is 1.08 bits per heavy atom. The summed E-state index contributed by atoms with van der Waals surface area (Å²) in [7, 11) is 0. The maximum atomic E-state index is 12.9. The van der Waals surface area contributed by atoms with Crippen molar-refractivity contribution in [3.05, 3.63) is 64.9 Å². The van der Waals surface area contributed by atoms with Crippen molar-refractivity contribution in [2.24, 2.45) is 5.92 Å². The third-order valence-corrected chi connectivity index (χ3v) is 11.0. The molecule has 2 unspecified atom stereocenters. The molecule has 4 aromatic rings. The minimum Gasteiger partial charge on any atom is -0.391 e. The van der Waals surface area contributed by atoms with E-state index in [1.54, 1.807) is 6.07 Å². The zero-order valence-corrected chi connectivity index (χ0v) is 27.8. The number of nitrogens with zero attached hydrogens (tertiary/aromatic N) is 5. The van der Waals surface area contributed by atoms with Crippen LogP contribution < -0.4 is 10.6 Å². The fourth-order valence-corrected chi connectivity index (χ4v) is 8.30. The standard InChI is InChI=1S/C35H42F3N7O2S/c1-3-32(47)42-24-7-4-22(5-8-24)31(46)19-45-26(17-39)14-28-21(2)23(6-9-30(28)45)18-44-12-10-25(11-13-44)43-33-29-15-27(16-35(36,37)38)48-34(29)41-20-40-33/h3,6,9,14-15,20,22,24-25,31-32,42,46-47H,1,4-5,7-8,10-13,16,18-19H2,2H3,(H,40,41,43). The van der Waals surface area contributed by atoms with Crippen LogP contribution in [0.4, 0.5) is 19.0 Å². The van der Waals surface area contributed by atoms with Gasteiger partial charge >= 0.3 is 6.18 Å². The fourth-order valence-electron chi connectivity index (χ4n) is 7.27. The number of aromatic nitrogens is 3. The Hall–Kier alpha value is -3.54. The second-order valence-electron chi connectivity index (χ2n) is 13.2. The summed E-state index contributed by atoms with van der Waals surface area (Å²) in [5.41, 5.74) is 3.80. The smallest absolute Gasteiger partial charge is 0.391 e. The number of nitriles is 1. The number of fused-ring (bicyclic) bond motifs is 2. The number of likely N-dealkylation sites (tertiary alicyclic amines) is 1. The molecule has 0 spiro atoms. The molecule has 9 nitrogen and oxygen atoms in total. The summed E-state index contributed by atoms with van der Waals surface area (Å²) in [6.07, 6.45) is 1.51. The van der Waals surface area contributed by atoms with Crippen molar-refractivity contribution in [1.82, 2.24) is 24.8 Å². The highest BCUT2D eigenvalue weighted by Gasteiger charge is 2.30. The molecule has 0 amide bonds. The monoisotopic (exact) mass is 681 g/mol. The second kappa shape index (κ2) is 14.5. The molecule has 0 radical (unpaired) electrons. The molecule has 4 N–H and O–H groups in total. The molecule has 1 aromatic carbocycles. The third kappa shape index (κ3) is 7.84. The summed E-state index contributed by atoms with van der Waals surface area (Å²) >= 11 is 1.06. The van der Waals surface area contributed by atoms with Crippen LogP contribution in [0.3, 0.4) is 0 Å². The lowest BCUT2D eigenvalue weighted by Gasteiger charge is -2.33. The van der Waals surface area contributed by atoms with Crippen LogP contribution in [0, 0.1) is 24.2 Å². The van der Waals surface area contributed by atoms with Crippen molar-refractivity contribution in [2.45, 2.75) is 95.6 Å². The van der Waals surface area contributed by atoms with Gasteiger partial charge in [-0.25, -0.2) is 9.97 Å². The number of benzene rings is 1. The lowest BCUT2D eigenvalue weighted by molar-refractivity contribution is -0.126. The van der Waals surface area contributed by atoms with Gasteiger partial charge in [-0.2, -0.15) is 18.4 Å². The van der Waals surface area contributed by atoms with E-state index in [0.717, 1.165) is 86.0 Å². The molecule has 1 saturated heterocycles. The van der Waals surface area contributed by atoms with Gasteiger partial charge in [-0.3, -0.25) is 10.2 Å². The van der Waals surface area contributed by atoms with E-state index in [0.29, 0.717) is 28.3 Å². The molecule has 3 aromatic heterocycles. The first-order chi connectivity index (χ1) is 23.0. The third-order valence-electron chi connectivity index (χ3n) is 9.97. The number of nitrogens with one attached hydrogen (secondary N) is 2. The van der Waals surface area contributed by atoms with Crippen LogP contribution in [0.5, 0.6) is 0 Å². The molecule has 2 aliphatic rings. The Morgan fingerprint density at radius 3 is 2.52 bits per heavy atom. The number of aryl methyl sites for hydroxylation is 1. The Kier molecular flexibility index (Phi) is 10.4. The van der Waals surface area contributed by atoms with Gasteiger partial charge in [0.25, 0.3) is 0 Å². The number of hydrogen-bond donors (Lipinski definition) is 4. The minimum absolute atomic E-state index is 0.128. The van der Waals surface area contributed by atoms with Gasteiger partial charge in [-0.15, -0.1) is 11.3 Å². The molecule has 256 valence electrons. The van der Waals surface area contributed by atoms with Crippen LogP contribution in [0.2, 0.25) is 0 Å². The SMILES string of the molecule is C=CC(O)NC1CCC(C(O)Cn2c(C#N)cc3c(C)c(CN4CCC(Nc5ncnc6sc(CC(F)(F)F)cc56)CC4)ccc32)CC1. The van der Waals surface area contributed by atoms with E-state index < -0.39 is 24.9 Å². The second-order valence-corrected chi connectivity index (χ2v) is 14.3. The summed E-state index contributed by atoms with van der Waals surface area (Å²) in [5.74, 6) is 0.712. The predicted octanol–water partition coefficient (Wildman–Crippen LogP) is 6.02. The summed E-state index contributed by atoms with van der Waals surface area (Å²) in [6, 6.07) is 10.4. The molecular weight excluding hydrogens is 639 g/mol. The Labute approximate surface area is 282 Å². The number of hydrogen-bond acceptors (Lipinski definition) is 9. The summed E-state index contributed by atoms with van der Waals surface area (Å²) in [5, 5.41) is 39.3. The van der Waals surface area contributed by atoms with Gasteiger partial charge in [-0.05, 0) is 86.8 Å². The molecule has 13 heteroatoms. The van der Waals surface area contributed by atoms with Crippen molar-refractivity contribution in [1.29, 1.82) is 5.26 Å². The number of thiophene rings is 1. The van der Waals surface area contributed by atoms with Gasteiger partial charge in [0.05, 0.1) is 24.5 Å². The Morgan fingerprint density at radius 2 is 1.83 bits per heavy atom. The van der Waals surface area contributed by atoms with Crippen molar-refractivity contribution in [2.75, 3.05) is 18.4 Å². The lowest BCUT2D eigenvalue weighted by atomic mass is 9.82. The van der Waals surface area contributed by atoms with E-state index in [-0.39, 0.29) is 22.9 Å². The first-order valence-electron chi connectivity index (χ1n) is 16.6. The van der Waals surface area contributed by atoms with Crippen LogP contribution in [-0.4, -0.2) is 73.3 Å². The molecule has 4 heterocycles. The summed E-state index contributed by atoms with van der Waals surface area (Å²) < 4.78 is 40.8. The van der Waals surface area contributed by atoms with Gasteiger partial charge in [0, 0.05) is 47.5 Å². The van der Waals surface area contributed by atoms with Crippen molar-refractivity contribution >= 4 is 38.3 Å². The number of halogens is 3. The van der Waals surface area contributed by atoms with Crippen molar-refractivity contribution in [3.63, 3.8) is 0 Å². The van der Waals surface area contributed by atoms with Crippen LogP contribution >= 0.6 is 11.3 Å². The number of rotatable bonds is 11. The Balaban J connectivity index is 1.06. The van der Waals surface area contributed by atoms with E-state index in [9.17, 15) is 28.6 Å². The topological polar surface area (TPSA) is 122 Å². The maximum Gasteiger partial charge on any atom is 0.393 e. The summed E-state index contributed by atoms with van der Waals surface area (Å²) in [4.78, 5) is 11.7. The van der Waals surface area contributed by atoms with Gasteiger partial charge in [-0.1, -0.05) is 12.6 Å². The van der Waals surface area contributed by atoms with Crippen LogP contribution in [0.25, 0.3) is 21.1 Å². The van der Waals surface area contributed by atoms with E-state index >= 15 is 0 Å². The molecule has 6 rings (SSSR count). The Bertz CT molecular complexity index is 1780. The lowest BCUT2D eigenvalue weighted by Crippen LogP contribution is -2.41. The van der Waals surface area contributed by atoms with E-state index in [1.165, 1.54) is 18.0 Å².